The highest BCUT2D eigenvalue weighted by atomic mass is 35.5. The first-order chi connectivity index (χ1) is 8.99. The largest absolute Gasteiger partial charge is 0.481 e. The van der Waals surface area contributed by atoms with Crippen LogP contribution in [0.3, 0.4) is 0 Å². The number of nitrogens with zero attached hydrogens (tertiary/aromatic N) is 4. The van der Waals surface area contributed by atoms with E-state index in [0.717, 1.165) is 11.1 Å². The summed E-state index contributed by atoms with van der Waals surface area (Å²) in [4.78, 5) is 10.9. The second kappa shape index (κ2) is 5.36. The van der Waals surface area contributed by atoms with Gasteiger partial charge in [0, 0.05) is 10.6 Å². The standard InChI is InChI=1S/C12H13ClN4O2/c1-7-3-4-9(5-10(7)13)11-14-15-16-17(11)6-8(2)12(18)19/h3-5,8H,6H2,1-2H3,(H,18,19). The fourth-order valence-electron chi connectivity index (χ4n) is 1.60. The molecule has 100 valence electrons. The van der Waals surface area contributed by atoms with E-state index in [0.29, 0.717) is 10.8 Å². The molecule has 0 amide bonds. The Morgan fingerprint density at radius 2 is 2.26 bits per heavy atom. The van der Waals surface area contributed by atoms with Gasteiger partial charge in [-0.3, -0.25) is 4.79 Å². The molecule has 1 heterocycles. The van der Waals surface area contributed by atoms with Gasteiger partial charge in [-0.2, -0.15) is 0 Å². The van der Waals surface area contributed by atoms with E-state index < -0.39 is 11.9 Å². The molecular formula is C12H13ClN4O2. The molecule has 0 bridgehead atoms. The van der Waals surface area contributed by atoms with Gasteiger partial charge >= 0.3 is 5.97 Å². The van der Waals surface area contributed by atoms with Crippen LogP contribution in [-0.4, -0.2) is 31.3 Å². The molecule has 0 spiro atoms. The monoisotopic (exact) mass is 280 g/mol. The zero-order valence-corrected chi connectivity index (χ0v) is 11.3. The van der Waals surface area contributed by atoms with Crippen LogP contribution in [0.2, 0.25) is 5.02 Å². The fraction of sp³-hybridized carbons (Fsp3) is 0.333. The molecule has 0 aliphatic rings. The van der Waals surface area contributed by atoms with Crippen molar-refractivity contribution in [2.75, 3.05) is 0 Å². The van der Waals surface area contributed by atoms with E-state index in [1.807, 2.05) is 19.1 Å². The number of benzene rings is 1. The molecule has 0 aliphatic carbocycles. The highest BCUT2D eigenvalue weighted by Gasteiger charge is 2.16. The smallest absolute Gasteiger partial charge is 0.308 e. The molecule has 1 aromatic heterocycles. The Labute approximate surface area is 115 Å². The van der Waals surface area contributed by atoms with Crippen molar-refractivity contribution >= 4 is 17.6 Å². The summed E-state index contributed by atoms with van der Waals surface area (Å²) in [6.45, 7) is 3.72. The van der Waals surface area contributed by atoms with Crippen LogP contribution in [0.15, 0.2) is 18.2 Å². The average Bonchev–Trinajstić information content (AvgIpc) is 2.80. The normalized spacial score (nSPS) is 12.4. The molecule has 0 radical (unpaired) electrons. The molecule has 1 atom stereocenters. The Morgan fingerprint density at radius 3 is 2.89 bits per heavy atom. The minimum atomic E-state index is -0.886. The third-order valence-corrected chi connectivity index (χ3v) is 3.24. The zero-order valence-electron chi connectivity index (χ0n) is 10.5. The van der Waals surface area contributed by atoms with Crippen molar-refractivity contribution in [3.63, 3.8) is 0 Å². The van der Waals surface area contributed by atoms with Gasteiger partial charge in [0.05, 0.1) is 12.5 Å². The molecule has 0 fully saturated rings. The molecule has 6 nitrogen and oxygen atoms in total. The number of hydrogen-bond acceptors (Lipinski definition) is 4. The number of carboxylic acids is 1. The van der Waals surface area contributed by atoms with Crippen molar-refractivity contribution in [1.29, 1.82) is 0 Å². The number of tetrazole rings is 1. The number of rotatable bonds is 4. The van der Waals surface area contributed by atoms with Crippen molar-refractivity contribution in [2.45, 2.75) is 20.4 Å². The molecule has 19 heavy (non-hydrogen) atoms. The van der Waals surface area contributed by atoms with Crippen LogP contribution in [0.4, 0.5) is 0 Å². The number of carbonyl (C=O) groups is 1. The van der Waals surface area contributed by atoms with Gasteiger partial charge < -0.3 is 5.11 Å². The van der Waals surface area contributed by atoms with Crippen LogP contribution >= 0.6 is 11.6 Å². The van der Waals surface area contributed by atoms with Crippen LogP contribution in [-0.2, 0) is 11.3 Å². The third kappa shape index (κ3) is 2.90. The molecule has 1 N–H and O–H groups in total. The first kappa shape index (κ1) is 13.5. The highest BCUT2D eigenvalue weighted by molar-refractivity contribution is 6.31. The number of halogens is 1. The summed E-state index contributed by atoms with van der Waals surface area (Å²) < 4.78 is 1.47. The van der Waals surface area contributed by atoms with Crippen molar-refractivity contribution < 1.29 is 9.90 Å². The van der Waals surface area contributed by atoms with Crippen molar-refractivity contribution in [2.24, 2.45) is 5.92 Å². The lowest BCUT2D eigenvalue weighted by atomic mass is 10.1. The average molecular weight is 281 g/mol. The maximum absolute atomic E-state index is 10.9. The van der Waals surface area contributed by atoms with Gasteiger partial charge in [-0.05, 0) is 29.0 Å². The van der Waals surface area contributed by atoms with Gasteiger partial charge in [-0.25, -0.2) is 4.68 Å². The first-order valence-electron chi connectivity index (χ1n) is 5.74. The molecule has 1 unspecified atom stereocenters. The van der Waals surface area contributed by atoms with E-state index in [2.05, 4.69) is 15.5 Å². The van der Waals surface area contributed by atoms with Gasteiger partial charge in [0.15, 0.2) is 5.82 Å². The minimum absolute atomic E-state index is 0.211. The number of hydrogen-bond donors (Lipinski definition) is 1. The Kier molecular flexibility index (Phi) is 3.80. The lowest BCUT2D eigenvalue weighted by molar-refractivity contribution is -0.141. The van der Waals surface area contributed by atoms with E-state index in [-0.39, 0.29) is 6.54 Å². The molecule has 0 saturated heterocycles. The lowest BCUT2D eigenvalue weighted by Gasteiger charge is -2.08. The highest BCUT2D eigenvalue weighted by Crippen LogP contribution is 2.23. The maximum Gasteiger partial charge on any atom is 0.308 e. The Bertz CT molecular complexity index is 612. The molecule has 0 aliphatic heterocycles. The summed E-state index contributed by atoms with van der Waals surface area (Å²) in [6, 6.07) is 5.50. The predicted octanol–water partition coefficient (Wildman–Crippen LogP) is 2.02. The van der Waals surface area contributed by atoms with Crippen LogP contribution in [0.25, 0.3) is 11.4 Å². The summed E-state index contributed by atoms with van der Waals surface area (Å²) in [6.07, 6.45) is 0. The Morgan fingerprint density at radius 1 is 1.53 bits per heavy atom. The Balaban J connectivity index is 2.33. The van der Waals surface area contributed by atoms with E-state index in [1.54, 1.807) is 13.0 Å². The van der Waals surface area contributed by atoms with Gasteiger partial charge in [-0.15, -0.1) is 5.10 Å². The number of aromatic nitrogens is 4. The SMILES string of the molecule is Cc1ccc(-c2nnnn2CC(C)C(=O)O)cc1Cl. The molecule has 7 heteroatoms. The summed E-state index contributed by atoms with van der Waals surface area (Å²) in [7, 11) is 0. The second-order valence-electron chi connectivity index (χ2n) is 4.39. The number of carboxylic acid groups (broad SMARTS) is 1. The van der Waals surface area contributed by atoms with E-state index >= 15 is 0 Å². The predicted molar refractivity (Wildman–Crippen MR) is 69.8 cm³/mol. The molecule has 2 aromatic rings. The van der Waals surface area contributed by atoms with E-state index in [9.17, 15) is 4.79 Å². The van der Waals surface area contributed by atoms with Gasteiger partial charge in [0.1, 0.15) is 0 Å². The number of aryl methyl sites for hydroxylation is 1. The van der Waals surface area contributed by atoms with Crippen LogP contribution in [0, 0.1) is 12.8 Å². The van der Waals surface area contributed by atoms with Crippen LogP contribution in [0.1, 0.15) is 12.5 Å². The van der Waals surface area contributed by atoms with Crippen LogP contribution < -0.4 is 0 Å². The third-order valence-electron chi connectivity index (χ3n) is 2.83. The van der Waals surface area contributed by atoms with Crippen molar-refractivity contribution in [3.05, 3.63) is 28.8 Å². The molecular weight excluding hydrogens is 268 g/mol. The zero-order chi connectivity index (χ0) is 14.0. The van der Waals surface area contributed by atoms with Crippen LogP contribution in [0.5, 0.6) is 0 Å². The van der Waals surface area contributed by atoms with E-state index in [4.69, 9.17) is 16.7 Å². The maximum atomic E-state index is 10.9. The minimum Gasteiger partial charge on any atom is -0.481 e. The van der Waals surface area contributed by atoms with Gasteiger partial charge in [0.2, 0.25) is 0 Å². The second-order valence-corrected chi connectivity index (χ2v) is 4.80. The summed E-state index contributed by atoms with van der Waals surface area (Å²) >= 11 is 6.07. The molecule has 2 rings (SSSR count). The fourth-order valence-corrected chi connectivity index (χ4v) is 1.78. The molecule has 0 saturated carbocycles. The van der Waals surface area contributed by atoms with Crippen molar-refractivity contribution in [3.8, 4) is 11.4 Å². The molecule has 1 aromatic carbocycles. The summed E-state index contributed by atoms with van der Waals surface area (Å²) in [5.41, 5.74) is 1.72. The number of aliphatic carboxylic acids is 1. The lowest BCUT2D eigenvalue weighted by Crippen LogP contribution is -2.18. The van der Waals surface area contributed by atoms with Gasteiger partial charge in [0.25, 0.3) is 0 Å². The first-order valence-corrected chi connectivity index (χ1v) is 6.12. The van der Waals surface area contributed by atoms with E-state index in [1.165, 1.54) is 4.68 Å². The Hall–Kier alpha value is -1.95. The van der Waals surface area contributed by atoms with Gasteiger partial charge in [-0.1, -0.05) is 30.7 Å². The quantitative estimate of drug-likeness (QED) is 0.927. The summed E-state index contributed by atoms with van der Waals surface area (Å²) in [5, 5.41) is 20.9. The summed E-state index contributed by atoms with van der Waals surface area (Å²) in [5.74, 6) is -0.943. The topological polar surface area (TPSA) is 80.9 Å². The van der Waals surface area contributed by atoms with Crippen molar-refractivity contribution in [1.82, 2.24) is 20.2 Å².